The summed E-state index contributed by atoms with van der Waals surface area (Å²) in [7, 11) is 0. The Morgan fingerprint density at radius 3 is 2.83 bits per heavy atom. The summed E-state index contributed by atoms with van der Waals surface area (Å²) in [6.45, 7) is 0.848. The maximum Gasteiger partial charge on any atom is 0.142 e. The number of unbranched alkanes of at least 4 members (excludes halogenated alkanes) is 1. The molecule has 1 aliphatic rings. The maximum atomic E-state index is 9.72. The molecule has 0 atom stereocenters. The third-order valence-corrected chi connectivity index (χ3v) is 5.76. The summed E-state index contributed by atoms with van der Waals surface area (Å²) in [6.07, 6.45) is 8.34. The lowest BCUT2D eigenvalue weighted by atomic mass is 9.92. The third kappa shape index (κ3) is 4.49. The van der Waals surface area contributed by atoms with Gasteiger partial charge in [0.1, 0.15) is 11.4 Å². The van der Waals surface area contributed by atoms with E-state index in [1.54, 1.807) is 12.1 Å². The van der Waals surface area contributed by atoms with Crippen LogP contribution in [0.3, 0.4) is 0 Å². The van der Waals surface area contributed by atoms with Crippen LogP contribution in [0.5, 0.6) is 5.75 Å². The van der Waals surface area contributed by atoms with Gasteiger partial charge in [-0.3, -0.25) is 4.98 Å². The molecule has 6 nitrogen and oxygen atoms in total. The first-order valence-corrected chi connectivity index (χ1v) is 10.7. The molecule has 0 amide bonds. The molecule has 30 heavy (non-hydrogen) atoms. The zero-order valence-corrected chi connectivity index (χ0v) is 17.5. The quantitative estimate of drug-likeness (QED) is 0.212. The van der Waals surface area contributed by atoms with Gasteiger partial charge in [0, 0.05) is 34.0 Å². The van der Waals surface area contributed by atoms with Crippen molar-refractivity contribution in [2.75, 3.05) is 11.9 Å². The molecule has 0 unspecified atom stereocenters. The summed E-state index contributed by atoms with van der Waals surface area (Å²) in [6, 6.07) is 9.28. The molecule has 4 rings (SSSR count). The number of oxime groups is 1. The summed E-state index contributed by atoms with van der Waals surface area (Å²) < 4.78 is 0. The average molecular weight is 425 g/mol. The van der Waals surface area contributed by atoms with Crippen molar-refractivity contribution in [1.29, 1.82) is 0 Å². The number of aromatic nitrogens is 2. The monoisotopic (exact) mass is 424 g/mol. The van der Waals surface area contributed by atoms with Crippen molar-refractivity contribution in [3.05, 3.63) is 58.0 Å². The molecule has 0 spiro atoms. The minimum absolute atomic E-state index is 0.00576. The number of nitrogens with one attached hydrogen (secondary N) is 1. The van der Waals surface area contributed by atoms with E-state index in [1.807, 2.05) is 18.2 Å². The number of benzene rings is 1. The molecule has 7 heteroatoms. The number of aromatic hydroxyl groups is 1. The van der Waals surface area contributed by atoms with Crippen molar-refractivity contribution < 1.29 is 10.3 Å². The van der Waals surface area contributed by atoms with Gasteiger partial charge in [0.15, 0.2) is 0 Å². The van der Waals surface area contributed by atoms with E-state index >= 15 is 0 Å². The smallest absolute Gasteiger partial charge is 0.142 e. The minimum atomic E-state index is 0.00576. The molecule has 0 fully saturated rings. The van der Waals surface area contributed by atoms with Crippen molar-refractivity contribution in [2.24, 2.45) is 5.16 Å². The number of nitrogens with zero attached hydrogens (tertiary/aromatic N) is 3. The highest BCUT2D eigenvalue weighted by molar-refractivity contribution is 6.31. The highest BCUT2D eigenvalue weighted by Crippen LogP contribution is 2.34. The van der Waals surface area contributed by atoms with Crippen LogP contribution in [0.25, 0.3) is 10.9 Å². The molecule has 156 valence electrons. The Morgan fingerprint density at radius 1 is 1.10 bits per heavy atom. The molecular formula is C23H25ClN4O2. The minimum Gasteiger partial charge on any atom is -0.506 e. The number of anilines is 1. The van der Waals surface area contributed by atoms with Crippen molar-refractivity contribution >= 4 is 34.4 Å². The van der Waals surface area contributed by atoms with Crippen LogP contribution in [-0.2, 0) is 19.3 Å². The first-order chi connectivity index (χ1) is 14.7. The maximum absolute atomic E-state index is 9.72. The molecule has 3 N–H and O–H groups in total. The van der Waals surface area contributed by atoms with Gasteiger partial charge in [-0.1, -0.05) is 16.8 Å². The fourth-order valence-corrected chi connectivity index (χ4v) is 4.21. The summed E-state index contributed by atoms with van der Waals surface area (Å²) in [5, 5.41) is 26.8. The number of rotatable bonds is 7. The van der Waals surface area contributed by atoms with Gasteiger partial charge in [0.25, 0.3) is 0 Å². The van der Waals surface area contributed by atoms with E-state index in [0.717, 1.165) is 66.5 Å². The van der Waals surface area contributed by atoms with E-state index in [4.69, 9.17) is 21.8 Å². The van der Waals surface area contributed by atoms with Crippen LogP contribution in [0.2, 0.25) is 5.02 Å². The Hall–Kier alpha value is -2.86. The van der Waals surface area contributed by atoms with Crippen LogP contribution < -0.4 is 5.32 Å². The van der Waals surface area contributed by atoms with E-state index in [0.29, 0.717) is 0 Å². The van der Waals surface area contributed by atoms with Gasteiger partial charge in [-0.15, -0.1) is 0 Å². The summed E-state index contributed by atoms with van der Waals surface area (Å²) in [5.41, 5.74) is 5.87. The molecule has 1 aromatic carbocycles. The summed E-state index contributed by atoms with van der Waals surface area (Å²) >= 11 is 6.27. The first kappa shape index (κ1) is 20.4. The highest BCUT2D eigenvalue weighted by atomic mass is 35.5. The third-order valence-electron chi connectivity index (χ3n) is 5.53. The van der Waals surface area contributed by atoms with Crippen molar-refractivity contribution in [3.8, 4) is 5.75 Å². The Kier molecular flexibility index (Phi) is 6.33. The number of halogens is 1. The SMILES string of the molecule is O/N=C/c1nc(CCCCNc2c3c(nc4ccc(Cl)cc24)CCCC3)ccc1O. The van der Waals surface area contributed by atoms with Gasteiger partial charge in [0.2, 0.25) is 0 Å². The molecule has 2 heterocycles. The molecule has 0 radical (unpaired) electrons. The standard InChI is InChI=1S/C23H25ClN4O2/c24-15-8-10-20-18(13-15)23(17-6-1-2-7-19(17)28-20)25-12-4-3-5-16-9-11-22(29)21(27-16)14-26-30/h8-11,13-14,29-30H,1-7,12H2,(H,25,28)/b26-14+. The van der Waals surface area contributed by atoms with Gasteiger partial charge < -0.3 is 15.6 Å². The van der Waals surface area contributed by atoms with Crippen LogP contribution in [0.4, 0.5) is 5.69 Å². The summed E-state index contributed by atoms with van der Waals surface area (Å²) in [4.78, 5) is 9.20. The second-order valence-electron chi connectivity index (χ2n) is 7.62. The molecule has 2 aromatic heterocycles. The number of pyridine rings is 2. The fraction of sp³-hybridized carbons (Fsp3) is 0.348. The number of fused-ring (bicyclic) bond motifs is 2. The van der Waals surface area contributed by atoms with Gasteiger partial charge >= 0.3 is 0 Å². The predicted octanol–water partition coefficient (Wildman–Crippen LogP) is 5.11. The van der Waals surface area contributed by atoms with Gasteiger partial charge in [-0.25, -0.2) is 4.98 Å². The van der Waals surface area contributed by atoms with E-state index < -0.39 is 0 Å². The highest BCUT2D eigenvalue weighted by Gasteiger charge is 2.18. The normalized spacial score (nSPS) is 13.6. The zero-order chi connectivity index (χ0) is 20.9. The number of hydrogen-bond donors (Lipinski definition) is 3. The second-order valence-corrected chi connectivity index (χ2v) is 8.05. The Balaban J connectivity index is 1.43. The average Bonchev–Trinajstić information content (AvgIpc) is 2.75. The van der Waals surface area contributed by atoms with Gasteiger partial charge in [0.05, 0.1) is 11.7 Å². The van der Waals surface area contributed by atoms with Crippen LogP contribution in [0.1, 0.15) is 48.3 Å². The van der Waals surface area contributed by atoms with Crippen LogP contribution in [-0.4, -0.2) is 33.0 Å². The Labute approximate surface area is 180 Å². The molecular weight excluding hydrogens is 400 g/mol. The van der Waals surface area contributed by atoms with E-state index in [-0.39, 0.29) is 11.4 Å². The molecule has 0 saturated carbocycles. The van der Waals surface area contributed by atoms with Crippen molar-refractivity contribution in [3.63, 3.8) is 0 Å². The van der Waals surface area contributed by atoms with Crippen LogP contribution >= 0.6 is 11.6 Å². The zero-order valence-electron chi connectivity index (χ0n) is 16.7. The van der Waals surface area contributed by atoms with E-state index in [2.05, 4.69) is 15.5 Å². The summed E-state index contributed by atoms with van der Waals surface area (Å²) in [5.74, 6) is 0.00576. The lowest BCUT2D eigenvalue weighted by Crippen LogP contribution is -2.12. The largest absolute Gasteiger partial charge is 0.506 e. The lowest BCUT2D eigenvalue weighted by molar-refractivity contribution is 0.321. The molecule has 1 aliphatic carbocycles. The van der Waals surface area contributed by atoms with Gasteiger partial charge in [-0.05, 0) is 80.8 Å². The van der Waals surface area contributed by atoms with Crippen molar-refractivity contribution in [2.45, 2.75) is 44.9 Å². The fourth-order valence-electron chi connectivity index (χ4n) is 4.04. The second kappa shape index (κ2) is 9.30. The van der Waals surface area contributed by atoms with Crippen LogP contribution in [0, 0.1) is 0 Å². The van der Waals surface area contributed by atoms with Crippen molar-refractivity contribution in [1.82, 2.24) is 9.97 Å². The molecule has 0 saturated heterocycles. The predicted molar refractivity (Wildman–Crippen MR) is 120 cm³/mol. The molecule has 0 bridgehead atoms. The van der Waals surface area contributed by atoms with E-state index in [1.165, 1.54) is 29.8 Å². The first-order valence-electron chi connectivity index (χ1n) is 10.4. The van der Waals surface area contributed by atoms with E-state index in [9.17, 15) is 5.11 Å². The number of hydrogen-bond acceptors (Lipinski definition) is 6. The van der Waals surface area contributed by atoms with Gasteiger partial charge in [-0.2, -0.15) is 0 Å². The lowest BCUT2D eigenvalue weighted by Gasteiger charge is -2.22. The number of aryl methyl sites for hydroxylation is 2. The molecule has 0 aliphatic heterocycles. The molecule has 3 aromatic rings. The Morgan fingerprint density at radius 2 is 1.97 bits per heavy atom. The topological polar surface area (TPSA) is 90.6 Å². The van der Waals surface area contributed by atoms with Crippen LogP contribution in [0.15, 0.2) is 35.5 Å². The Bertz CT molecular complexity index is 1080.